The Morgan fingerprint density at radius 2 is 1.55 bits per heavy atom. The number of nitrogens with zero attached hydrogens (tertiary/aromatic N) is 2. The molecule has 0 aliphatic carbocycles. The molecule has 0 saturated heterocycles. The van der Waals surface area contributed by atoms with Gasteiger partial charge in [0.15, 0.2) is 0 Å². The van der Waals surface area contributed by atoms with E-state index in [9.17, 15) is 4.79 Å². The molecule has 3 aromatic carbocycles. The Kier molecular flexibility index (Phi) is 5.22. The molecule has 1 amide bonds. The molecule has 1 aliphatic heterocycles. The van der Waals surface area contributed by atoms with Gasteiger partial charge >= 0.3 is 0 Å². The van der Waals surface area contributed by atoms with Crippen LogP contribution in [0, 0.1) is 0 Å². The number of carbonyl (C=O) groups is 1. The number of rotatable bonds is 4. The fourth-order valence-corrected chi connectivity index (χ4v) is 4.58. The predicted octanol–water partition coefficient (Wildman–Crippen LogP) is 6.78. The van der Waals surface area contributed by atoms with E-state index in [4.69, 9.17) is 34.8 Å². The quantitative estimate of drug-likeness (QED) is 0.359. The molecule has 0 spiro atoms. The highest BCUT2D eigenvalue weighted by molar-refractivity contribution is 6.32. The summed E-state index contributed by atoms with van der Waals surface area (Å²) in [6, 6.07) is 22.1. The Hall–Kier alpha value is -2.79. The van der Waals surface area contributed by atoms with Crippen molar-refractivity contribution in [2.24, 2.45) is 0 Å². The first-order valence-corrected chi connectivity index (χ1v) is 10.8. The summed E-state index contributed by atoms with van der Waals surface area (Å²) in [7, 11) is 0. The molecular weight excluding hydrogens is 453 g/mol. The van der Waals surface area contributed by atoms with E-state index in [1.54, 1.807) is 17.0 Å². The Balaban J connectivity index is 1.67. The summed E-state index contributed by atoms with van der Waals surface area (Å²) in [5.41, 5.74) is 4.52. The van der Waals surface area contributed by atoms with Crippen LogP contribution < -0.4 is 0 Å². The number of aromatic nitrogens is 2. The molecule has 0 bridgehead atoms. The van der Waals surface area contributed by atoms with Gasteiger partial charge in [0, 0.05) is 32.7 Å². The van der Waals surface area contributed by atoms with Crippen molar-refractivity contribution < 1.29 is 4.79 Å². The van der Waals surface area contributed by atoms with Gasteiger partial charge in [-0.1, -0.05) is 83.3 Å². The lowest BCUT2D eigenvalue weighted by atomic mass is 9.96. The van der Waals surface area contributed by atoms with Gasteiger partial charge in [-0.15, -0.1) is 0 Å². The lowest BCUT2D eigenvalue weighted by Gasteiger charge is -2.27. The van der Waals surface area contributed by atoms with Gasteiger partial charge in [-0.25, -0.2) is 0 Å². The monoisotopic (exact) mass is 467 g/mol. The highest BCUT2D eigenvalue weighted by atomic mass is 35.5. The van der Waals surface area contributed by atoms with E-state index in [0.717, 1.165) is 22.3 Å². The van der Waals surface area contributed by atoms with Crippen LogP contribution in [-0.4, -0.2) is 21.0 Å². The van der Waals surface area contributed by atoms with E-state index in [0.29, 0.717) is 33.0 Å². The predicted molar refractivity (Wildman–Crippen MR) is 124 cm³/mol. The van der Waals surface area contributed by atoms with Crippen molar-refractivity contribution in [3.8, 4) is 11.3 Å². The number of amides is 1. The number of H-pyrrole nitrogens is 1. The van der Waals surface area contributed by atoms with Crippen LogP contribution in [0.25, 0.3) is 11.3 Å². The van der Waals surface area contributed by atoms with Gasteiger partial charge in [-0.2, -0.15) is 5.10 Å². The van der Waals surface area contributed by atoms with Crippen LogP contribution >= 0.6 is 34.8 Å². The van der Waals surface area contributed by atoms with Crippen molar-refractivity contribution in [3.63, 3.8) is 0 Å². The Labute approximate surface area is 194 Å². The van der Waals surface area contributed by atoms with Gasteiger partial charge in [0.1, 0.15) is 5.69 Å². The van der Waals surface area contributed by atoms with Crippen LogP contribution in [0.1, 0.15) is 33.2 Å². The van der Waals surface area contributed by atoms with Crippen LogP contribution in [0.15, 0.2) is 72.8 Å². The minimum atomic E-state index is -0.406. The molecule has 1 aliphatic rings. The van der Waals surface area contributed by atoms with Crippen LogP contribution in [0.5, 0.6) is 0 Å². The average molecular weight is 469 g/mol. The van der Waals surface area contributed by atoms with Gasteiger partial charge in [-0.3, -0.25) is 9.89 Å². The third kappa shape index (κ3) is 3.51. The number of carbonyl (C=O) groups excluding carboxylic acids is 1. The maximum atomic E-state index is 13.5. The number of aromatic amines is 1. The van der Waals surface area contributed by atoms with E-state index in [1.165, 1.54) is 0 Å². The molecule has 0 radical (unpaired) electrons. The average Bonchev–Trinajstić information content (AvgIpc) is 3.31. The zero-order chi connectivity index (χ0) is 21.5. The van der Waals surface area contributed by atoms with E-state index >= 15 is 0 Å². The SMILES string of the molecule is O=C1c2[nH]nc(-c3ccc(Cl)cc3)c2C(c2ccccc2Cl)N1Cc1ccccc1Cl. The Bertz CT molecular complexity index is 1280. The smallest absolute Gasteiger partial charge is 0.273 e. The maximum Gasteiger partial charge on any atom is 0.273 e. The molecule has 2 heterocycles. The maximum absolute atomic E-state index is 13.5. The van der Waals surface area contributed by atoms with Gasteiger partial charge in [0.05, 0.1) is 11.7 Å². The van der Waals surface area contributed by atoms with Crippen molar-refractivity contribution in [1.29, 1.82) is 0 Å². The van der Waals surface area contributed by atoms with Crippen LogP contribution in [0.4, 0.5) is 0 Å². The molecule has 1 aromatic heterocycles. The minimum absolute atomic E-state index is 0.146. The van der Waals surface area contributed by atoms with E-state index < -0.39 is 6.04 Å². The van der Waals surface area contributed by atoms with Crippen LogP contribution in [-0.2, 0) is 6.54 Å². The second-order valence-corrected chi connectivity index (χ2v) is 8.57. The standard InChI is InChI=1S/C24H16Cl3N3O/c25-16-11-9-14(10-12-16)21-20-22(29-28-21)24(31)30(13-15-5-1-3-7-18(15)26)23(20)17-6-2-4-8-19(17)27/h1-12,23H,13H2,(H,28,29). The topological polar surface area (TPSA) is 49.0 Å². The molecule has 154 valence electrons. The summed E-state index contributed by atoms with van der Waals surface area (Å²) in [5, 5.41) is 9.25. The van der Waals surface area contributed by atoms with Crippen molar-refractivity contribution in [2.45, 2.75) is 12.6 Å². The van der Waals surface area contributed by atoms with Crippen molar-refractivity contribution >= 4 is 40.7 Å². The summed E-state index contributed by atoms with van der Waals surface area (Å²) in [6.07, 6.45) is 0. The number of halogens is 3. The molecular formula is C24H16Cl3N3O. The fraction of sp³-hybridized carbons (Fsp3) is 0.0833. The molecule has 1 unspecified atom stereocenters. The first-order chi connectivity index (χ1) is 15.0. The molecule has 4 nitrogen and oxygen atoms in total. The normalized spacial score (nSPS) is 15.4. The molecule has 0 fully saturated rings. The van der Waals surface area contributed by atoms with E-state index in [-0.39, 0.29) is 5.91 Å². The van der Waals surface area contributed by atoms with Crippen LogP contribution in [0.2, 0.25) is 15.1 Å². The van der Waals surface area contributed by atoms with E-state index in [1.807, 2.05) is 60.7 Å². The molecule has 5 rings (SSSR count). The zero-order valence-corrected chi connectivity index (χ0v) is 18.4. The molecule has 0 saturated carbocycles. The number of hydrogen-bond acceptors (Lipinski definition) is 2. The highest BCUT2D eigenvalue weighted by Gasteiger charge is 2.43. The summed E-state index contributed by atoms with van der Waals surface area (Å²) >= 11 is 19.1. The first kappa shape index (κ1) is 20.1. The minimum Gasteiger partial charge on any atom is -0.322 e. The summed E-state index contributed by atoms with van der Waals surface area (Å²) in [5.74, 6) is -0.146. The largest absolute Gasteiger partial charge is 0.322 e. The second kappa shape index (κ2) is 8.04. The summed E-state index contributed by atoms with van der Waals surface area (Å²) < 4.78 is 0. The number of nitrogens with one attached hydrogen (secondary N) is 1. The third-order valence-electron chi connectivity index (χ3n) is 5.48. The molecule has 31 heavy (non-hydrogen) atoms. The van der Waals surface area contributed by atoms with E-state index in [2.05, 4.69) is 10.2 Å². The zero-order valence-electron chi connectivity index (χ0n) is 16.1. The second-order valence-electron chi connectivity index (χ2n) is 7.32. The van der Waals surface area contributed by atoms with Gasteiger partial charge in [0.2, 0.25) is 0 Å². The molecule has 1 atom stereocenters. The molecule has 4 aromatic rings. The number of hydrogen-bond donors (Lipinski definition) is 1. The summed E-state index contributed by atoms with van der Waals surface area (Å²) in [4.78, 5) is 15.2. The van der Waals surface area contributed by atoms with Gasteiger partial charge in [0.25, 0.3) is 5.91 Å². The van der Waals surface area contributed by atoms with Crippen molar-refractivity contribution in [1.82, 2.24) is 15.1 Å². The molecule has 7 heteroatoms. The first-order valence-electron chi connectivity index (χ1n) is 9.67. The number of fused-ring (bicyclic) bond motifs is 1. The fourth-order valence-electron chi connectivity index (χ4n) is 4.02. The third-order valence-corrected chi connectivity index (χ3v) is 6.44. The van der Waals surface area contributed by atoms with Crippen molar-refractivity contribution in [3.05, 3.63) is 110 Å². The lowest BCUT2D eigenvalue weighted by Crippen LogP contribution is -2.29. The Morgan fingerprint density at radius 3 is 2.26 bits per heavy atom. The lowest BCUT2D eigenvalue weighted by molar-refractivity contribution is 0.0730. The number of benzene rings is 3. The van der Waals surface area contributed by atoms with Crippen molar-refractivity contribution in [2.75, 3.05) is 0 Å². The molecule has 1 N–H and O–H groups in total. The van der Waals surface area contributed by atoms with Gasteiger partial charge in [-0.05, 0) is 35.4 Å². The van der Waals surface area contributed by atoms with Gasteiger partial charge < -0.3 is 4.90 Å². The highest BCUT2D eigenvalue weighted by Crippen LogP contribution is 2.45. The Morgan fingerprint density at radius 1 is 0.871 bits per heavy atom. The summed E-state index contributed by atoms with van der Waals surface area (Å²) in [6.45, 7) is 0.344. The van der Waals surface area contributed by atoms with Crippen LogP contribution in [0.3, 0.4) is 0 Å².